The van der Waals surface area contributed by atoms with Gasteiger partial charge in [-0.2, -0.15) is 0 Å². The summed E-state index contributed by atoms with van der Waals surface area (Å²) in [5.41, 5.74) is 1.53. The maximum absolute atomic E-state index is 10.5. The lowest BCUT2D eigenvalue weighted by Gasteiger charge is -2.26. The van der Waals surface area contributed by atoms with Crippen LogP contribution in [-0.2, 0) is 6.42 Å². The number of hydrogen-bond donors (Lipinski definition) is 2. The third-order valence-corrected chi connectivity index (χ3v) is 5.12. The predicted molar refractivity (Wildman–Crippen MR) is 133 cm³/mol. The van der Waals surface area contributed by atoms with Crippen LogP contribution in [0.5, 0.6) is 0 Å². The highest BCUT2D eigenvalue weighted by Gasteiger charge is 1.92. The first kappa shape index (κ1) is 32.3. The molecule has 4 N–H and O–H groups in total. The Kier molecular flexibility index (Phi) is 28.3. The summed E-state index contributed by atoms with van der Waals surface area (Å²) in [6, 6.07) is 7.01. The fraction of sp³-hybridized carbons (Fsp3) is 0.769. The Bertz CT molecular complexity index is 416. The molecule has 0 heterocycles. The SMILES string of the molecule is CCCC[NH2+]CCCC.CCCC[NH2+]CCCC.CCCCc1ccc(B([O-])[O-])cc1. The molecule has 0 aliphatic carbocycles. The van der Waals surface area contributed by atoms with Crippen molar-refractivity contribution in [3.05, 3.63) is 29.8 Å². The van der Waals surface area contributed by atoms with Crippen LogP contribution in [0, 0.1) is 0 Å². The van der Waals surface area contributed by atoms with Crippen LogP contribution in [0.2, 0.25) is 0 Å². The van der Waals surface area contributed by atoms with Crippen LogP contribution in [0.15, 0.2) is 24.3 Å². The number of aryl methyl sites for hydroxylation is 1. The van der Waals surface area contributed by atoms with E-state index in [2.05, 4.69) is 45.3 Å². The van der Waals surface area contributed by atoms with Crippen molar-refractivity contribution in [1.82, 2.24) is 0 Å². The second-order valence-corrected chi connectivity index (χ2v) is 8.32. The Morgan fingerprint density at radius 1 is 0.581 bits per heavy atom. The lowest BCUT2D eigenvalue weighted by molar-refractivity contribution is -0.655. The Balaban J connectivity index is 0. The number of benzene rings is 1. The average Bonchev–Trinajstić information content (AvgIpc) is 2.79. The molecular weight excluding hydrogens is 383 g/mol. The summed E-state index contributed by atoms with van der Waals surface area (Å²) in [5, 5.41) is 25.8. The monoisotopic (exact) mass is 436 g/mol. The third-order valence-electron chi connectivity index (χ3n) is 5.12. The number of nitrogens with two attached hydrogens (primary N) is 2. The molecule has 0 unspecified atom stereocenters. The molecule has 0 aromatic heterocycles. The molecule has 0 radical (unpaired) electrons. The molecule has 0 amide bonds. The van der Waals surface area contributed by atoms with Gasteiger partial charge in [-0.1, -0.05) is 98.1 Å². The number of rotatable bonds is 16. The van der Waals surface area contributed by atoms with E-state index in [-0.39, 0.29) is 0 Å². The molecule has 0 aliphatic heterocycles. The Morgan fingerprint density at radius 3 is 1.23 bits per heavy atom. The highest BCUT2D eigenvalue weighted by molar-refractivity contribution is 6.55. The summed E-state index contributed by atoms with van der Waals surface area (Å²) in [5.74, 6) is 0. The van der Waals surface area contributed by atoms with Gasteiger partial charge in [-0.25, -0.2) is 0 Å². The van der Waals surface area contributed by atoms with E-state index in [0.717, 1.165) is 19.3 Å². The van der Waals surface area contributed by atoms with E-state index in [1.54, 1.807) is 12.1 Å². The molecule has 4 nitrogen and oxygen atoms in total. The van der Waals surface area contributed by atoms with Crippen molar-refractivity contribution >= 4 is 12.6 Å². The van der Waals surface area contributed by atoms with Crippen molar-refractivity contribution in [2.24, 2.45) is 0 Å². The zero-order valence-electron chi connectivity index (χ0n) is 21.5. The normalized spacial score (nSPS) is 10.0. The third kappa shape index (κ3) is 25.3. The molecule has 0 aliphatic rings. The van der Waals surface area contributed by atoms with Crippen molar-refractivity contribution in [3.63, 3.8) is 0 Å². The lowest BCUT2D eigenvalue weighted by Crippen LogP contribution is -2.84. The first-order valence-electron chi connectivity index (χ1n) is 13.1. The van der Waals surface area contributed by atoms with Crippen LogP contribution in [0.1, 0.15) is 104 Å². The molecule has 5 heteroatoms. The van der Waals surface area contributed by atoms with Gasteiger partial charge in [-0.15, -0.1) is 5.46 Å². The van der Waals surface area contributed by atoms with Gasteiger partial charge in [0.15, 0.2) is 0 Å². The van der Waals surface area contributed by atoms with Crippen molar-refractivity contribution in [2.45, 2.75) is 105 Å². The van der Waals surface area contributed by atoms with Gasteiger partial charge in [-0.3, -0.25) is 0 Å². The standard InChI is InChI=1S/C10H13BO2.2C8H19N/c1-2-3-4-9-5-7-10(8-6-9)11(12)13;2*1-3-5-7-9-8-6-4-2/h5-8H,2-4H2,1H3;2*9H,3-8H2,1-2H3/q-2;;/p+2. The van der Waals surface area contributed by atoms with Gasteiger partial charge in [-0.05, 0) is 44.1 Å². The van der Waals surface area contributed by atoms with E-state index in [9.17, 15) is 10.0 Å². The molecule has 0 fully saturated rings. The zero-order valence-corrected chi connectivity index (χ0v) is 21.5. The van der Waals surface area contributed by atoms with Gasteiger partial charge in [0.1, 0.15) is 0 Å². The molecule has 1 aromatic carbocycles. The Labute approximate surface area is 194 Å². The lowest BCUT2D eigenvalue weighted by atomic mass is 9.80. The molecule has 31 heavy (non-hydrogen) atoms. The Morgan fingerprint density at radius 2 is 0.935 bits per heavy atom. The predicted octanol–water partition coefficient (Wildman–Crippen LogP) is 1.75. The first-order valence-corrected chi connectivity index (χ1v) is 13.1. The summed E-state index contributed by atoms with van der Waals surface area (Å²) < 4.78 is 0. The average molecular weight is 437 g/mol. The van der Waals surface area contributed by atoms with Crippen molar-refractivity contribution in [2.75, 3.05) is 26.2 Å². The number of unbranched alkanes of at least 4 members (excludes halogenated alkanes) is 5. The smallest absolute Gasteiger partial charge is 0.0755 e. The van der Waals surface area contributed by atoms with E-state index in [0.29, 0.717) is 5.46 Å². The minimum Gasteiger partial charge on any atom is -0.889 e. The largest absolute Gasteiger partial charge is 0.889 e. The van der Waals surface area contributed by atoms with Gasteiger partial charge in [0.25, 0.3) is 0 Å². The maximum Gasteiger partial charge on any atom is 0.0755 e. The van der Waals surface area contributed by atoms with Crippen LogP contribution >= 0.6 is 0 Å². The molecule has 0 atom stereocenters. The van der Waals surface area contributed by atoms with Gasteiger partial charge in [0.05, 0.1) is 26.2 Å². The summed E-state index contributed by atoms with van der Waals surface area (Å²) in [6.07, 6.45) is 14.2. The summed E-state index contributed by atoms with van der Waals surface area (Å²) in [6.45, 7) is 16.4. The van der Waals surface area contributed by atoms with Crippen LogP contribution in [0.3, 0.4) is 0 Å². The molecule has 182 valence electrons. The zero-order chi connectivity index (χ0) is 23.6. The summed E-state index contributed by atoms with van der Waals surface area (Å²) in [4.78, 5) is 0. The topological polar surface area (TPSA) is 79.3 Å². The summed E-state index contributed by atoms with van der Waals surface area (Å²) in [7, 11) is -1.85. The highest BCUT2D eigenvalue weighted by atomic mass is 16.4. The second kappa shape index (κ2) is 27.2. The van der Waals surface area contributed by atoms with Crippen molar-refractivity contribution < 1.29 is 20.7 Å². The van der Waals surface area contributed by atoms with E-state index >= 15 is 0 Å². The fourth-order valence-corrected chi connectivity index (χ4v) is 2.90. The van der Waals surface area contributed by atoms with Gasteiger partial charge >= 0.3 is 0 Å². The van der Waals surface area contributed by atoms with E-state index in [1.165, 1.54) is 83.1 Å². The van der Waals surface area contributed by atoms with Crippen LogP contribution in [0.25, 0.3) is 0 Å². The minimum absolute atomic E-state index is 0.334. The van der Waals surface area contributed by atoms with Crippen LogP contribution in [0.4, 0.5) is 0 Å². The molecule has 1 aromatic rings. The molecular formula is C26H53BN2O2. The molecule has 0 spiro atoms. The van der Waals surface area contributed by atoms with Crippen LogP contribution in [-0.4, -0.2) is 33.3 Å². The van der Waals surface area contributed by atoms with E-state index in [4.69, 9.17) is 0 Å². The quantitative estimate of drug-likeness (QED) is 0.306. The van der Waals surface area contributed by atoms with Gasteiger partial charge in [0.2, 0.25) is 0 Å². The first-order chi connectivity index (χ1) is 15.1. The molecule has 0 bridgehead atoms. The van der Waals surface area contributed by atoms with Gasteiger partial charge in [0, 0.05) is 0 Å². The number of hydrogen-bond acceptors (Lipinski definition) is 2. The van der Waals surface area contributed by atoms with E-state index in [1.807, 2.05) is 12.1 Å². The number of quaternary nitrogens is 2. The van der Waals surface area contributed by atoms with Crippen molar-refractivity contribution in [1.29, 1.82) is 0 Å². The molecule has 0 saturated heterocycles. The molecule has 1 rings (SSSR count). The van der Waals surface area contributed by atoms with Crippen LogP contribution < -0.4 is 26.1 Å². The maximum atomic E-state index is 10.5. The second-order valence-electron chi connectivity index (χ2n) is 8.32. The van der Waals surface area contributed by atoms with Crippen molar-refractivity contribution in [3.8, 4) is 0 Å². The highest BCUT2D eigenvalue weighted by Crippen LogP contribution is 2.02. The fourth-order valence-electron chi connectivity index (χ4n) is 2.90. The van der Waals surface area contributed by atoms with E-state index < -0.39 is 7.12 Å². The molecule has 0 saturated carbocycles. The summed E-state index contributed by atoms with van der Waals surface area (Å²) >= 11 is 0. The Hall–Kier alpha value is -0.875. The minimum atomic E-state index is -1.85. The van der Waals surface area contributed by atoms with Gasteiger partial charge < -0.3 is 20.7 Å².